The molecule has 0 aliphatic heterocycles. The minimum atomic E-state index is -1.33. The number of benzene rings is 2. The molecule has 6 heteroatoms. The van der Waals surface area contributed by atoms with E-state index in [0.29, 0.717) is 5.75 Å². The number of carboxylic acids is 1. The van der Waals surface area contributed by atoms with Crippen LogP contribution in [0.5, 0.6) is 5.75 Å². The van der Waals surface area contributed by atoms with Crippen LogP contribution < -0.4 is 10.1 Å². The molecule has 2 aromatic carbocycles. The molecule has 0 saturated carbocycles. The van der Waals surface area contributed by atoms with Crippen molar-refractivity contribution in [1.82, 2.24) is 0 Å². The maximum Gasteiger partial charge on any atom is 0.337 e. The van der Waals surface area contributed by atoms with Crippen LogP contribution in [0.4, 0.5) is 10.1 Å². The van der Waals surface area contributed by atoms with E-state index >= 15 is 0 Å². The van der Waals surface area contributed by atoms with Gasteiger partial charge in [-0.1, -0.05) is 24.3 Å². The summed E-state index contributed by atoms with van der Waals surface area (Å²) in [5.41, 5.74) is -0.685. The van der Waals surface area contributed by atoms with Crippen molar-refractivity contribution in [3.05, 3.63) is 59.9 Å². The first-order valence-corrected chi connectivity index (χ1v) is 6.07. The molecule has 0 atom stereocenters. The standard InChI is InChI=1S/C15H12FNO4/c16-12-8-4-7-11(15(19)20)14(12)17-13(18)9-21-10-5-2-1-3-6-10/h1-8H,9H2,(H,17,18)(H,19,20). The molecule has 2 N–H and O–H groups in total. The van der Waals surface area contributed by atoms with Gasteiger partial charge in [0.1, 0.15) is 11.6 Å². The van der Waals surface area contributed by atoms with Gasteiger partial charge in [0.05, 0.1) is 11.3 Å². The Balaban J connectivity index is 2.05. The summed E-state index contributed by atoms with van der Waals surface area (Å²) in [4.78, 5) is 22.7. The predicted molar refractivity (Wildman–Crippen MR) is 73.9 cm³/mol. The summed E-state index contributed by atoms with van der Waals surface area (Å²) >= 11 is 0. The van der Waals surface area contributed by atoms with Gasteiger partial charge in [-0.15, -0.1) is 0 Å². The Morgan fingerprint density at radius 2 is 1.81 bits per heavy atom. The highest BCUT2D eigenvalue weighted by Gasteiger charge is 2.16. The lowest BCUT2D eigenvalue weighted by molar-refractivity contribution is -0.118. The highest BCUT2D eigenvalue weighted by Crippen LogP contribution is 2.20. The molecule has 2 aromatic rings. The van der Waals surface area contributed by atoms with Crippen molar-refractivity contribution in [2.75, 3.05) is 11.9 Å². The zero-order valence-electron chi connectivity index (χ0n) is 10.9. The van der Waals surface area contributed by atoms with Gasteiger partial charge in [0.15, 0.2) is 6.61 Å². The fraction of sp³-hybridized carbons (Fsp3) is 0.0667. The zero-order chi connectivity index (χ0) is 15.2. The van der Waals surface area contributed by atoms with Gasteiger partial charge in [-0.25, -0.2) is 9.18 Å². The Morgan fingerprint density at radius 1 is 1.10 bits per heavy atom. The van der Waals surface area contributed by atoms with Crippen LogP contribution in [0, 0.1) is 5.82 Å². The molecule has 0 radical (unpaired) electrons. The van der Waals surface area contributed by atoms with Crippen molar-refractivity contribution in [3.8, 4) is 5.75 Å². The number of amides is 1. The molecule has 0 unspecified atom stereocenters. The van der Waals surface area contributed by atoms with Crippen LogP contribution in [0.3, 0.4) is 0 Å². The number of carboxylic acid groups (broad SMARTS) is 1. The van der Waals surface area contributed by atoms with Gasteiger partial charge in [-0.05, 0) is 24.3 Å². The third-order valence-corrected chi connectivity index (χ3v) is 2.62. The van der Waals surface area contributed by atoms with E-state index in [1.165, 1.54) is 12.1 Å². The van der Waals surface area contributed by atoms with E-state index in [0.717, 1.165) is 6.07 Å². The predicted octanol–water partition coefficient (Wildman–Crippen LogP) is 2.54. The van der Waals surface area contributed by atoms with E-state index in [4.69, 9.17) is 9.84 Å². The van der Waals surface area contributed by atoms with Crippen LogP contribution in [-0.4, -0.2) is 23.6 Å². The molecule has 0 aliphatic rings. The smallest absolute Gasteiger partial charge is 0.337 e. The minimum Gasteiger partial charge on any atom is -0.484 e. The van der Waals surface area contributed by atoms with Crippen molar-refractivity contribution in [1.29, 1.82) is 0 Å². The lowest BCUT2D eigenvalue weighted by Gasteiger charge is -2.10. The largest absolute Gasteiger partial charge is 0.484 e. The lowest BCUT2D eigenvalue weighted by Crippen LogP contribution is -2.22. The highest BCUT2D eigenvalue weighted by molar-refractivity contribution is 6.01. The van der Waals surface area contributed by atoms with Gasteiger partial charge in [0.2, 0.25) is 0 Å². The molecule has 0 heterocycles. The first kappa shape index (κ1) is 14.5. The number of anilines is 1. The quantitative estimate of drug-likeness (QED) is 0.887. The molecule has 0 aromatic heterocycles. The summed E-state index contributed by atoms with van der Waals surface area (Å²) in [5.74, 6) is -2.30. The number of aromatic carboxylic acids is 1. The van der Waals surface area contributed by atoms with Crippen molar-refractivity contribution < 1.29 is 23.8 Å². The third kappa shape index (κ3) is 3.79. The number of para-hydroxylation sites is 2. The summed E-state index contributed by atoms with van der Waals surface area (Å²) in [7, 11) is 0. The topological polar surface area (TPSA) is 75.6 Å². The van der Waals surface area contributed by atoms with Crippen molar-refractivity contribution in [3.63, 3.8) is 0 Å². The number of carbonyl (C=O) groups is 2. The van der Waals surface area contributed by atoms with E-state index in [2.05, 4.69) is 5.32 Å². The van der Waals surface area contributed by atoms with Crippen LogP contribution in [0.15, 0.2) is 48.5 Å². The molecule has 1 amide bonds. The molecule has 5 nitrogen and oxygen atoms in total. The highest BCUT2D eigenvalue weighted by atomic mass is 19.1. The number of rotatable bonds is 5. The molecule has 0 aliphatic carbocycles. The number of hydrogen-bond donors (Lipinski definition) is 2. The van der Waals surface area contributed by atoms with Crippen LogP contribution in [0.1, 0.15) is 10.4 Å². The summed E-state index contributed by atoms with van der Waals surface area (Å²) < 4.78 is 18.8. The maximum atomic E-state index is 13.6. The Labute approximate surface area is 120 Å². The SMILES string of the molecule is O=C(COc1ccccc1)Nc1c(F)cccc1C(=O)O. The first-order chi connectivity index (χ1) is 10.1. The molecular weight excluding hydrogens is 277 g/mol. The molecule has 0 fully saturated rings. The Kier molecular flexibility index (Phi) is 4.50. The second kappa shape index (κ2) is 6.51. The molecule has 0 spiro atoms. The van der Waals surface area contributed by atoms with Crippen LogP contribution in [-0.2, 0) is 4.79 Å². The zero-order valence-corrected chi connectivity index (χ0v) is 10.9. The molecular formula is C15H12FNO4. The van der Waals surface area contributed by atoms with Gasteiger partial charge < -0.3 is 15.2 Å². The number of carbonyl (C=O) groups excluding carboxylic acids is 1. The van der Waals surface area contributed by atoms with Crippen molar-refractivity contribution >= 4 is 17.6 Å². The van der Waals surface area contributed by atoms with E-state index in [1.807, 2.05) is 0 Å². The van der Waals surface area contributed by atoms with Gasteiger partial charge in [0, 0.05) is 0 Å². The monoisotopic (exact) mass is 289 g/mol. The maximum absolute atomic E-state index is 13.6. The van der Waals surface area contributed by atoms with Crippen molar-refractivity contribution in [2.45, 2.75) is 0 Å². The van der Waals surface area contributed by atoms with E-state index < -0.39 is 17.7 Å². The summed E-state index contributed by atoms with van der Waals surface area (Å²) in [6, 6.07) is 12.1. The van der Waals surface area contributed by atoms with Crippen molar-refractivity contribution in [2.24, 2.45) is 0 Å². The lowest BCUT2D eigenvalue weighted by atomic mass is 10.1. The number of ether oxygens (including phenoxy) is 1. The minimum absolute atomic E-state index is 0.317. The fourth-order valence-corrected chi connectivity index (χ4v) is 1.67. The summed E-state index contributed by atoms with van der Waals surface area (Å²) in [6.45, 7) is -0.350. The van der Waals surface area contributed by atoms with Gasteiger partial charge in [-0.2, -0.15) is 0 Å². The fourth-order valence-electron chi connectivity index (χ4n) is 1.67. The second-order valence-electron chi connectivity index (χ2n) is 4.12. The van der Waals surface area contributed by atoms with E-state index in [1.54, 1.807) is 30.3 Å². The summed E-state index contributed by atoms with van der Waals surface area (Å²) in [5, 5.41) is 11.2. The summed E-state index contributed by atoms with van der Waals surface area (Å²) in [6.07, 6.45) is 0. The first-order valence-electron chi connectivity index (χ1n) is 6.07. The van der Waals surface area contributed by atoms with Crippen LogP contribution in [0.25, 0.3) is 0 Å². The van der Waals surface area contributed by atoms with Crippen LogP contribution in [0.2, 0.25) is 0 Å². The van der Waals surface area contributed by atoms with Gasteiger partial charge in [-0.3, -0.25) is 4.79 Å². The van der Waals surface area contributed by atoms with E-state index in [9.17, 15) is 14.0 Å². The number of nitrogens with one attached hydrogen (secondary N) is 1. The van der Waals surface area contributed by atoms with Gasteiger partial charge in [0.25, 0.3) is 5.91 Å². The molecule has 0 bridgehead atoms. The second-order valence-corrected chi connectivity index (χ2v) is 4.12. The van der Waals surface area contributed by atoms with Crippen LogP contribution >= 0.6 is 0 Å². The van der Waals surface area contributed by atoms with Gasteiger partial charge >= 0.3 is 5.97 Å². The molecule has 21 heavy (non-hydrogen) atoms. The third-order valence-electron chi connectivity index (χ3n) is 2.62. The normalized spacial score (nSPS) is 9.95. The number of halogens is 1. The number of hydrogen-bond acceptors (Lipinski definition) is 3. The average Bonchev–Trinajstić information content (AvgIpc) is 2.48. The Bertz CT molecular complexity index is 658. The Morgan fingerprint density at radius 3 is 2.48 bits per heavy atom. The molecule has 2 rings (SSSR count). The average molecular weight is 289 g/mol. The molecule has 0 saturated heterocycles. The molecule has 108 valence electrons. The Hall–Kier alpha value is -2.89. The van der Waals surface area contributed by atoms with E-state index in [-0.39, 0.29) is 17.9 Å².